The van der Waals surface area contributed by atoms with Crippen LogP contribution in [0.25, 0.3) is 0 Å². The number of hydrogen-bond acceptors (Lipinski definition) is 3. The van der Waals surface area contributed by atoms with Crippen LogP contribution < -0.4 is 5.32 Å². The number of rotatable bonds is 6. The van der Waals surface area contributed by atoms with Crippen LogP contribution in [0.2, 0.25) is 0 Å². The highest BCUT2D eigenvalue weighted by Crippen LogP contribution is 2.11. The van der Waals surface area contributed by atoms with E-state index >= 15 is 0 Å². The molecule has 0 spiro atoms. The first-order valence-electron chi connectivity index (χ1n) is 3.70. The van der Waals surface area contributed by atoms with Gasteiger partial charge < -0.3 is 9.73 Å². The van der Waals surface area contributed by atoms with Crippen molar-refractivity contribution in [2.24, 2.45) is 0 Å². The van der Waals surface area contributed by atoms with Crippen molar-refractivity contribution in [2.75, 3.05) is 12.3 Å². The van der Waals surface area contributed by atoms with Crippen LogP contribution >= 0.6 is 11.8 Å². The highest BCUT2D eigenvalue weighted by Gasteiger charge is 1.94. The molecule has 0 fully saturated rings. The monoisotopic (exact) mass is 185 g/mol. The van der Waals surface area contributed by atoms with Gasteiger partial charge in [0.15, 0.2) is 0 Å². The summed E-state index contributed by atoms with van der Waals surface area (Å²) in [5.74, 6) is 2.76. The molecule has 0 unspecified atom stereocenters. The summed E-state index contributed by atoms with van der Waals surface area (Å²) in [5.41, 5.74) is 0. The van der Waals surface area contributed by atoms with E-state index in [9.17, 15) is 4.79 Å². The van der Waals surface area contributed by atoms with E-state index in [0.717, 1.165) is 23.8 Å². The maximum atomic E-state index is 9.86. The van der Waals surface area contributed by atoms with Crippen LogP contribution in [-0.2, 0) is 10.5 Å². The van der Waals surface area contributed by atoms with Crippen molar-refractivity contribution in [3.8, 4) is 0 Å². The molecule has 0 aliphatic heterocycles. The molecule has 1 N–H and O–H groups in total. The van der Waals surface area contributed by atoms with Crippen LogP contribution in [0, 0.1) is 0 Å². The minimum Gasteiger partial charge on any atom is -0.468 e. The van der Waals surface area contributed by atoms with Crippen molar-refractivity contribution in [2.45, 2.75) is 5.75 Å². The summed E-state index contributed by atoms with van der Waals surface area (Å²) in [6, 6.07) is 3.82. The second-order valence-electron chi connectivity index (χ2n) is 2.20. The number of hydrogen-bond donors (Lipinski definition) is 1. The van der Waals surface area contributed by atoms with Crippen LogP contribution in [0.5, 0.6) is 0 Å². The lowest BCUT2D eigenvalue weighted by Crippen LogP contribution is -2.13. The van der Waals surface area contributed by atoms with Gasteiger partial charge in [-0.2, -0.15) is 11.8 Å². The van der Waals surface area contributed by atoms with E-state index in [2.05, 4.69) is 5.32 Å². The second-order valence-corrected chi connectivity index (χ2v) is 3.31. The maximum Gasteiger partial charge on any atom is 0.207 e. The largest absolute Gasteiger partial charge is 0.468 e. The minimum absolute atomic E-state index is 0.716. The van der Waals surface area contributed by atoms with Crippen LogP contribution in [0.1, 0.15) is 5.76 Å². The molecule has 1 aromatic rings. The van der Waals surface area contributed by atoms with Gasteiger partial charge >= 0.3 is 0 Å². The molecule has 0 atom stereocenters. The van der Waals surface area contributed by atoms with E-state index in [1.54, 1.807) is 18.0 Å². The van der Waals surface area contributed by atoms with Crippen molar-refractivity contribution < 1.29 is 9.21 Å². The molecule has 0 aliphatic rings. The van der Waals surface area contributed by atoms with Crippen molar-refractivity contribution in [1.82, 2.24) is 5.32 Å². The third-order valence-electron chi connectivity index (χ3n) is 1.30. The number of carbonyl (C=O) groups excluding carboxylic acids is 1. The summed E-state index contributed by atoms with van der Waals surface area (Å²) in [5, 5.41) is 2.60. The molecule has 0 aromatic carbocycles. The zero-order valence-electron chi connectivity index (χ0n) is 6.66. The standard InChI is InChI=1S/C8H11NO2S/c10-7-9-3-5-12-6-8-2-1-4-11-8/h1-2,4,7H,3,5-6H2,(H,9,10). The molecular formula is C8H11NO2S. The molecule has 4 heteroatoms. The predicted octanol–water partition coefficient (Wildman–Crippen LogP) is 1.26. The Balaban J connectivity index is 2.00. The molecule has 66 valence electrons. The van der Waals surface area contributed by atoms with E-state index in [1.165, 1.54) is 0 Å². The van der Waals surface area contributed by atoms with Gasteiger partial charge in [-0.05, 0) is 12.1 Å². The Hall–Kier alpha value is -0.900. The van der Waals surface area contributed by atoms with Crippen molar-refractivity contribution >= 4 is 18.2 Å². The first kappa shape index (κ1) is 9.19. The van der Waals surface area contributed by atoms with Crippen LogP contribution in [0.3, 0.4) is 0 Å². The molecule has 1 heterocycles. The molecule has 1 aromatic heterocycles. The summed E-state index contributed by atoms with van der Waals surface area (Å²) in [4.78, 5) is 9.86. The third-order valence-corrected chi connectivity index (χ3v) is 2.28. The van der Waals surface area contributed by atoms with Gasteiger partial charge in [-0.3, -0.25) is 4.79 Å². The van der Waals surface area contributed by atoms with E-state index in [-0.39, 0.29) is 0 Å². The lowest BCUT2D eigenvalue weighted by molar-refractivity contribution is -0.109. The van der Waals surface area contributed by atoms with Gasteiger partial charge in [0.05, 0.1) is 12.0 Å². The van der Waals surface area contributed by atoms with Gasteiger partial charge in [-0.1, -0.05) is 0 Å². The molecule has 0 saturated carbocycles. The Bertz CT molecular complexity index is 211. The lowest BCUT2D eigenvalue weighted by atomic mass is 10.5. The third kappa shape index (κ3) is 3.48. The van der Waals surface area contributed by atoms with Gasteiger partial charge in [0.1, 0.15) is 5.76 Å². The first-order chi connectivity index (χ1) is 5.93. The van der Waals surface area contributed by atoms with E-state index in [4.69, 9.17) is 4.42 Å². The lowest BCUT2D eigenvalue weighted by Gasteiger charge is -1.97. The summed E-state index contributed by atoms with van der Waals surface area (Å²) in [6.07, 6.45) is 2.38. The van der Waals surface area contributed by atoms with Crippen LogP contribution in [0.15, 0.2) is 22.8 Å². The fourth-order valence-corrected chi connectivity index (χ4v) is 1.53. The van der Waals surface area contributed by atoms with Gasteiger partial charge in [-0.15, -0.1) is 0 Å². The predicted molar refractivity (Wildman–Crippen MR) is 48.9 cm³/mol. The van der Waals surface area contributed by atoms with Crippen LogP contribution in [0.4, 0.5) is 0 Å². The Morgan fingerprint density at radius 2 is 2.58 bits per heavy atom. The second kappa shape index (κ2) is 5.71. The molecule has 0 radical (unpaired) electrons. The Morgan fingerprint density at radius 1 is 1.67 bits per heavy atom. The SMILES string of the molecule is O=CNCCSCc1ccco1. The maximum absolute atomic E-state index is 9.86. The number of nitrogens with one attached hydrogen (secondary N) is 1. The highest BCUT2D eigenvalue weighted by molar-refractivity contribution is 7.98. The van der Waals surface area contributed by atoms with Gasteiger partial charge in [-0.25, -0.2) is 0 Å². The average Bonchev–Trinajstić information content (AvgIpc) is 2.57. The molecule has 0 saturated heterocycles. The first-order valence-corrected chi connectivity index (χ1v) is 4.86. The van der Waals surface area contributed by atoms with Crippen molar-refractivity contribution in [1.29, 1.82) is 0 Å². The zero-order chi connectivity index (χ0) is 8.65. The number of carbonyl (C=O) groups is 1. The van der Waals surface area contributed by atoms with Gasteiger partial charge in [0.2, 0.25) is 6.41 Å². The summed E-state index contributed by atoms with van der Waals surface area (Å²) < 4.78 is 5.13. The molecule has 0 bridgehead atoms. The molecule has 3 nitrogen and oxygen atoms in total. The fourth-order valence-electron chi connectivity index (χ4n) is 0.757. The van der Waals surface area contributed by atoms with Gasteiger partial charge in [0, 0.05) is 12.3 Å². The average molecular weight is 185 g/mol. The normalized spacial score (nSPS) is 9.67. The minimum atomic E-state index is 0.716. The Kier molecular flexibility index (Phi) is 4.37. The fraction of sp³-hybridized carbons (Fsp3) is 0.375. The quantitative estimate of drug-likeness (QED) is 0.536. The molecule has 0 aliphatic carbocycles. The van der Waals surface area contributed by atoms with E-state index < -0.39 is 0 Å². The van der Waals surface area contributed by atoms with E-state index in [0.29, 0.717) is 6.41 Å². The van der Waals surface area contributed by atoms with Crippen molar-refractivity contribution in [3.63, 3.8) is 0 Å². The Labute approximate surface area is 75.5 Å². The summed E-state index contributed by atoms with van der Waals surface area (Å²) >= 11 is 1.74. The topological polar surface area (TPSA) is 42.2 Å². The smallest absolute Gasteiger partial charge is 0.207 e. The number of amides is 1. The highest BCUT2D eigenvalue weighted by atomic mass is 32.2. The van der Waals surface area contributed by atoms with E-state index in [1.807, 2.05) is 12.1 Å². The molecule has 1 amide bonds. The molecule has 12 heavy (non-hydrogen) atoms. The zero-order valence-corrected chi connectivity index (χ0v) is 7.47. The summed E-state index contributed by atoms with van der Waals surface area (Å²) in [6.45, 7) is 0.717. The van der Waals surface area contributed by atoms with Crippen molar-refractivity contribution in [3.05, 3.63) is 24.2 Å². The summed E-state index contributed by atoms with van der Waals surface area (Å²) in [7, 11) is 0. The number of thioether (sulfide) groups is 1. The van der Waals surface area contributed by atoms with Crippen LogP contribution in [-0.4, -0.2) is 18.7 Å². The Morgan fingerprint density at radius 3 is 3.25 bits per heavy atom. The molecule has 1 rings (SSSR count). The van der Waals surface area contributed by atoms with Gasteiger partial charge in [0.25, 0.3) is 0 Å². The number of furan rings is 1. The molecular weight excluding hydrogens is 174 g/mol.